The molecule has 17 heavy (non-hydrogen) atoms. The van der Waals surface area contributed by atoms with Gasteiger partial charge in [-0.1, -0.05) is 13.3 Å². The van der Waals surface area contributed by atoms with Crippen LogP contribution in [0.3, 0.4) is 0 Å². The van der Waals surface area contributed by atoms with Crippen molar-refractivity contribution in [3.8, 4) is 0 Å². The topological polar surface area (TPSA) is 62.5 Å². The maximum atomic E-state index is 11.7. The van der Waals surface area contributed by atoms with Gasteiger partial charge in [0.05, 0.1) is 11.8 Å². The SMILES string of the molecule is CCCC(CCO)CNC(=O)c1ccoc1Cl. The Bertz CT molecular complexity index is 345. The van der Waals surface area contributed by atoms with Crippen LogP contribution in [0.4, 0.5) is 0 Å². The molecule has 96 valence electrons. The molecular formula is C12H18ClNO3. The molecule has 1 aromatic rings. The van der Waals surface area contributed by atoms with Gasteiger partial charge in [-0.15, -0.1) is 0 Å². The Labute approximate surface area is 106 Å². The summed E-state index contributed by atoms with van der Waals surface area (Å²) in [5.41, 5.74) is 0.353. The van der Waals surface area contributed by atoms with E-state index in [4.69, 9.17) is 21.1 Å². The number of furan rings is 1. The molecule has 0 spiro atoms. The predicted molar refractivity (Wildman–Crippen MR) is 66.2 cm³/mol. The lowest BCUT2D eigenvalue weighted by atomic mass is 10.0. The molecule has 0 bridgehead atoms. The van der Waals surface area contributed by atoms with Crippen molar-refractivity contribution in [1.29, 1.82) is 0 Å². The Kier molecular flexibility index (Phi) is 6.08. The van der Waals surface area contributed by atoms with Crippen molar-refractivity contribution in [3.05, 3.63) is 23.1 Å². The summed E-state index contributed by atoms with van der Waals surface area (Å²) in [4.78, 5) is 11.7. The minimum Gasteiger partial charge on any atom is -0.452 e. The number of hydrogen-bond acceptors (Lipinski definition) is 3. The number of carbonyl (C=O) groups is 1. The van der Waals surface area contributed by atoms with Crippen LogP contribution in [0.25, 0.3) is 0 Å². The maximum absolute atomic E-state index is 11.7. The number of aliphatic hydroxyl groups excluding tert-OH is 1. The molecule has 0 saturated heterocycles. The molecule has 2 N–H and O–H groups in total. The molecule has 1 heterocycles. The van der Waals surface area contributed by atoms with Crippen molar-refractivity contribution in [2.75, 3.05) is 13.2 Å². The zero-order chi connectivity index (χ0) is 12.7. The summed E-state index contributed by atoms with van der Waals surface area (Å²) >= 11 is 5.70. The molecule has 0 radical (unpaired) electrons. The zero-order valence-corrected chi connectivity index (χ0v) is 10.7. The van der Waals surface area contributed by atoms with Crippen LogP contribution in [0, 0.1) is 5.92 Å². The second-order valence-corrected chi connectivity index (χ2v) is 4.33. The van der Waals surface area contributed by atoms with Gasteiger partial charge >= 0.3 is 0 Å². The summed E-state index contributed by atoms with van der Waals surface area (Å²) in [5.74, 6) is 0.0717. The predicted octanol–water partition coefficient (Wildman–Crippen LogP) is 2.46. The summed E-state index contributed by atoms with van der Waals surface area (Å²) < 4.78 is 4.85. The molecule has 1 atom stereocenters. The zero-order valence-electron chi connectivity index (χ0n) is 9.91. The number of rotatable bonds is 7. The van der Waals surface area contributed by atoms with Crippen LogP contribution in [0.2, 0.25) is 5.22 Å². The highest BCUT2D eigenvalue weighted by atomic mass is 35.5. The largest absolute Gasteiger partial charge is 0.452 e. The van der Waals surface area contributed by atoms with E-state index in [1.807, 2.05) is 0 Å². The molecule has 0 aromatic carbocycles. The third-order valence-electron chi connectivity index (χ3n) is 2.65. The number of hydrogen-bond donors (Lipinski definition) is 2. The second kappa shape index (κ2) is 7.35. The molecule has 1 amide bonds. The standard InChI is InChI=1S/C12H18ClNO3/c1-2-3-9(4-6-15)8-14-12(16)10-5-7-17-11(10)13/h5,7,9,15H,2-4,6,8H2,1H3,(H,14,16). The van der Waals surface area contributed by atoms with E-state index in [-0.39, 0.29) is 17.7 Å². The molecule has 0 fully saturated rings. The van der Waals surface area contributed by atoms with Crippen LogP contribution >= 0.6 is 11.6 Å². The summed E-state index contributed by atoms with van der Waals surface area (Å²) in [5, 5.41) is 11.8. The minimum atomic E-state index is -0.234. The molecule has 0 aliphatic rings. The third-order valence-corrected chi connectivity index (χ3v) is 2.94. The van der Waals surface area contributed by atoms with Gasteiger partial charge in [0.15, 0.2) is 0 Å². The quantitative estimate of drug-likeness (QED) is 0.791. The number of amides is 1. The fourth-order valence-electron chi connectivity index (χ4n) is 1.73. The van der Waals surface area contributed by atoms with Crippen molar-refractivity contribution in [3.63, 3.8) is 0 Å². The van der Waals surface area contributed by atoms with E-state index in [1.54, 1.807) is 6.07 Å². The summed E-state index contributed by atoms with van der Waals surface area (Å²) in [6.45, 7) is 2.78. The molecule has 4 nitrogen and oxygen atoms in total. The van der Waals surface area contributed by atoms with E-state index in [1.165, 1.54) is 6.26 Å². The van der Waals surface area contributed by atoms with Gasteiger partial charge in [0, 0.05) is 13.2 Å². The maximum Gasteiger partial charge on any atom is 0.256 e. The van der Waals surface area contributed by atoms with Crippen molar-refractivity contribution in [1.82, 2.24) is 5.32 Å². The third kappa shape index (κ3) is 4.40. The first kappa shape index (κ1) is 14.1. The minimum absolute atomic E-state index is 0.108. The molecule has 5 heteroatoms. The fourth-order valence-corrected chi connectivity index (χ4v) is 1.93. The lowest BCUT2D eigenvalue weighted by molar-refractivity contribution is 0.0942. The van der Waals surface area contributed by atoms with Crippen LogP contribution in [-0.4, -0.2) is 24.2 Å². The summed E-state index contributed by atoms with van der Waals surface area (Å²) in [6.07, 6.45) is 4.11. The first-order valence-corrected chi connectivity index (χ1v) is 6.18. The van der Waals surface area contributed by atoms with Gasteiger partial charge in [-0.3, -0.25) is 4.79 Å². The first-order chi connectivity index (χ1) is 8.19. The first-order valence-electron chi connectivity index (χ1n) is 5.81. The van der Waals surface area contributed by atoms with Crippen LogP contribution in [0.15, 0.2) is 16.7 Å². The normalized spacial score (nSPS) is 12.4. The smallest absolute Gasteiger partial charge is 0.256 e. The van der Waals surface area contributed by atoms with Gasteiger partial charge in [-0.05, 0) is 36.4 Å². The van der Waals surface area contributed by atoms with Crippen LogP contribution in [0.5, 0.6) is 0 Å². The molecule has 1 rings (SSSR count). The molecule has 0 aliphatic carbocycles. The van der Waals surface area contributed by atoms with Crippen molar-refractivity contribution in [2.45, 2.75) is 26.2 Å². The van der Waals surface area contributed by atoms with E-state index in [0.717, 1.165) is 12.8 Å². The van der Waals surface area contributed by atoms with Gasteiger partial charge in [0.2, 0.25) is 5.22 Å². The fraction of sp³-hybridized carbons (Fsp3) is 0.583. The molecule has 1 aromatic heterocycles. The van der Waals surface area contributed by atoms with Gasteiger partial charge in [0.25, 0.3) is 5.91 Å². The van der Waals surface area contributed by atoms with E-state index in [0.29, 0.717) is 24.4 Å². The van der Waals surface area contributed by atoms with Gasteiger partial charge in [0.1, 0.15) is 0 Å². The van der Waals surface area contributed by atoms with E-state index in [9.17, 15) is 4.79 Å². The van der Waals surface area contributed by atoms with Gasteiger partial charge in [-0.25, -0.2) is 0 Å². The number of halogens is 1. The Hall–Kier alpha value is -1.00. The van der Waals surface area contributed by atoms with Crippen LogP contribution in [-0.2, 0) is 0 Å². The Morgan fingerprint density at radius 2 is 2.35 bits per heavy atom. The van der Waals surface area contributed by atoms with Crippen molar-refractivity contribution >= 4 is 17.5 Å². The lowest BCUT2D eigenvalue weighted by Gasteiger charge is -2.15. The van der Waals surface area contributed by atoms with E-state index < -0.39 is 0 Å². The number of carbonyl (C=O) groups excluding carboxylic acids is 1. The van der Waals surface area contributed by atoms with E-state index in [2.05, 4.69) is 12.2 Å². The Balaban J connectivity index is 2.43. The average Bonchev–Trinajstić information content (AvgIpc) is 2.72. The van der Waals surface area contributed by atoms with Gasteiger partial charge in [-0.2, -0.15) is 0 Å². The molecule has 1 unspecified atom stereocenters. The lowest BCUT2D eigenvalue weighted by Crippen LogP contribution is -2.29. The Morgan fingerprint density at radius 1 is 1.59 bits per heavy atom. The summed E-state index contributed by atoms with van der Waals surface area (Å²) in [6, 6.07) is 1.54. The van der Waals surface area contributed by atoms with Gasteiger partial charge < -0.3 is 14.8 Å². The number of aliphatic hydroxyl groups is 1. The van der Waals surface area contributed by atoms with Crippen LogP contribution in [0.1, 0.15) is 36.5 Å². The highest BCUT2D eigenvalue weighted by Crippen LogP contribution is 2.16. The Morgan fingerprint density at radius 3 is 2.88 bits per heavy atom. The highest BCUT2D eigenvalue weighted by Gasteiger charge is 2.14. The molecule has 0 saturated carbocycles. The number of nitrogens with one attached hydrogen (secondary N) is 1. The monoisotopic (exact) mass is 259 g/mol. The molecule has 0 aliphatic heterocycles. The summed E-state index contributed by atoms with van der Waals surface area (Å²) in [7, 11) is 0. The van der Waals surface area contributed by atoms with Crippen LogP contribution < -0.4 is 5.32 Å². The van der Waals surface area contributed by atoms with Crippen molar-refractivity contribution < 1.29 is 14.3 Å². The van der Waals surface area contributed by atoms with Crippen molar-refractivity contribution in [2.24, 2.45) is 5.92 Å². The average molecular weight is 260 g/mol. The molecular weight excluding hydrogens is 242 g/mol. The highest BCUT2D eigenvalue weighted by molar-refractivity contribution is 6.32. The van der Waals surface area contributed by atoms with E-state index >= 15 is 0 Å². The second-order valence-electron chi connectivity index (χ2n) is 3.98.